The molecule has 0 aliphatic carbocycles. The van der Waals surface area contributed by atoms with E-state index in [4.69, 9.17) is 5.73 Å². The smallest absolute Gasteiger partial charge is 0.248 e. The summed E-state index contributed by atoms with van der Waals surface area (Å²) < 4.78 is 0. The number of rotatable bonds is 32. The summed E-state index contributed by atoms with van der Waals surface area (Å²) in [6.07, 6.45) is 2.11. The lowest BCUT2D eigenvalue weighted by molar-refractivity contribution is -0.146. The number of likely N-dealkylation sites (tertiary alicyclic amines) is 2. The van der Waals surface area contributed by atoms with Crippen molar-refractivity contribution in [1.29, 1.82) is 0 Å². The van der Waals surface area contributed by atoms with Gasteiger partial charge in [0.05, 0.1) is 12.6 Å². The Morgan fingerprint density at radius 3 is 1.37 bits per heavy atom. The Hall–Kier alpha value is -6.40. The van der Waals surface area contributed by atoms with E-state index in [0.717, 1.165) is 0 Å². The van der Waals surface area contributed by atoms with Crippen molar-refractivity contribution >= 4 is 70.9 Å². The summed E-state index contributed by atoms with van der Waals surface area (Å²) in [4.78, 5) is 167. The minimum Gasteiger partial charge on any atom is -0.394 e. The first-order chi connectivity index (χ1) is 38.3. The zero-order valence-electron chi connectivity index (χ0n) is 52.5. The van der Waals surface area contributed by atoms with Gasteiger partial charge in [0.25, 0.3) is 0 Å². The van der Waals surface area contributed by atoms with Crippen LogP contribution in [0, 0.1) is 29.6 Å². The molecular weight excluding hydrogens is 1070 g/mol. The molecule has 2 aliphatic heterocycles. The van der Waals surface area contributed by atoms with Gasteiger partial charge in [-0.15, -0.1) is 0 Å². The topological polar surface area (TPSA) is 366 Å². The predicted molar refractivity (Wildman–Crippen MR) is 312 cm³/mol. The van der Waals surface area contributed by atoms with Crippen LogP contribution in [-0.2, 0) is 57.5 Å². The Morgan fingerprint density at radius 2 is 0.952 bits per heavy atom. The van der Waals surface area contributed by atoms with E-state index in [0.29, 0.717) is 25.7 Å². The van der Waals surface area contributed by atoms with Crippen LogP contribution in [0.15, 0.2) is 0 Å². The molecule has 25 heteroatoms. The van der Waals surface area contributed by atoms with Gasteiger partial charge in [0.2, 0.25) is 70.9 Å². The third-order valence-corrected chi connectivity index (χ3v) is 15.0. The first-order valence-electron chi connectivity index (χ1n) is 29.6. The Balaban J connectivity index is 2.28. The normalized spacial score (nSPS) is 18.5. The van der Waals surface area contributed by atoms with Crippen LogP contribution in [-0.4, -0.2) is 170 Å². The quantitative estimate of drug-likeness (QED) is 0.0442. The summed E-state index contributed by atoms with van der Waals surface area (Å²) in [5.74, 6) is -8.89. The molecule has 0 saturated carbocycles. The molecule has 2 fully saturated rings. The standard InChI is InChI=1S/C58H102N12O13/c1-18-58(17,66-36(12)72)53(81)63-38(23-24-43(59)73)46(74)64-44(34(8)9)51(79)65-45(35(10)11)52(80)68-57(15,16)55(83)70-26-20-22-42(70)50(78)62-39(28-32(4)5)47(75)61-40(29-33(6)7)48(76)67-56(13,14)54(82)69-25-19-21-41(69)49(77)60-37(30-71)27-31(2)3/h31-35,37-42,44-45,71H,18-30H2,1-17H3,(H2,59,73)(H,60,77)(H,61,75)(H,62,78)(H,63,81)(H,64,74)(H,65,79)(H,66,72)(H,67,76)(H,68,80)/t37-,38-,39-,40-,41-,42-,44-,45-,58+/m0/s1. The average Bonchev–Trinajstić information content (AvgIpc) is 4.23. The second-order valence-corrected chi connectivity index (χ2v) is 25.8. The molecule has 83 heavy (non-hydrogen) atoms. The number of aliphatic hydroxyl groups excluding tert-OH is 1. The minimum atomic E-state index is -1.65. The van der Waals surface area contributed by atoms with E-state index in [1.807, 2.05) is 41.5 Å². The molecule has 0 aromatic carbocycles. The monoisotopic (exact) mass is 1170 g/mol. The number of nitrogens with two attached hydrogens (primary N) is 1. The summed E-state index contributed by atoms with van der Waals surface area (Å²) >= 11 is 0. The van der Waals surface area contributed by atoms with E-state index >= 15 is 0 Å². The Labute approximate surface area is 491 Å². The number of hydrogen-bond donors (Lipinski definition) is 11. The molecule has 0 bridgehead atoms. The molecule has 0 unspecified atom stereocenters. The maximum absolute atomic E-state index is 14.5. The summed E-state index contributed by atoms with van der Waals surface area (Å²) in [5.41, 5.74) is 0.801. The van der Waals surface area contributed by atoms with Crippen molar-refractivity contribution < 1.29 is 62.6 Å². The van der Waals surface area contributed by atoms with Crippen LogP contribution in [0.2, 0.25) is 0 Å². The Morgan fingerprint density at radius 1 is 0.530 bits per heavy atom. The highest BCUT2D eigenvalue weighted by molar-refractivity contribution is 6.01. The van der Waals surface area contributed by atoms with Crippen LogP contribution < -0.4 is 53.6 Å². The van der Waals surface area contributed by atoms with Gasteiger partial charge in [-0.2, -0.15) is 0 Å². The highest BCUT2D eigenvalue weighted by Gasteiger charge is 2.46. The van der Waals surface area contributed by atoms with Gasteiger partial charge < -0.3 is 68.5 Å². The first-order valence-corrected chi connectivity index (χ1v) is 29.6. The fraction of sp³-hybridized carbons (Fsp3) is 0.793. The highest BCUT2D eigenvalue weighted by Crippen LogP contribution is 2.25. The summed E-state index contributed by atoms with van der Waals surface area (Å²) in [7, 11) is 0. The van der Waals surface area contributed by atoms with Crippen molar-refractivity contribution in [2.24, 2.45) is 35.3 Å². The zero-order valence-corrected chi connectivity index (χ0v) is 52.5. The van der Waals surface area contributed by atoms with Gasteiger partial charge in [0.15, 0.2) is 0 Å². The van der Waals surface area contributed by atoms with E-state index in [-0.39, 0.29) is 81.9 Å². The van der Waals surface area contributed by atoms with Gasteiger partial charge in [-0.05, 0) is 122 Å². The molecular formula is C58H102N12O13. The second kappa shape index (κ2) is 32.0. The number of carbonyl (C=O) groups excluding carboxylic acids is 12. The van der Waals surface area contributed by atoms with Crippen LogP contribution in [0.1, 0.15) is 182 Å². The van der Waals surface area contributed by atoms with Crippen molar-refractivity contribution in [2.75, 3.05) is 19.7 Å². The number of primary amides is 1. The highest BCUT2D eigenvalue weighted by atomic mass is 16.3. The van der Waals surface area contributed by atoms with E-state index in [1.54, 1.807) is 34.6 Å². The van der Waals surface area contributed by atoms with Gasteiger partial charge in [-0.3, -0.25) is 57.5 Å². The maximum atomic E-state index is 14.5. The molecule has 0 spiro atoms. The fourth-order valence-electron chi connectivity index (χ4n) is 10.3. The lowest BCUT2D eigenvalue weighted by Gasteiger charge is -2.36. The molecule has 12 N–H and O–H groups in total. The van der Waals surface area contributed by atoms with Gasteiger partial charge in [0.1, 0.15) is 58.9 Å². The summed E-state index contributed by atoms with van der Waals surface area (Å²) in [6.45, 7) is 28.5. The Bertz CT molecular complexity index is 2320. The van der Waals surface area contributed by atoms with E-state index in [9.17, 15) is 62.6 Å². The lowest BCUT2D eigenvalue weighted by atomic mass is 9.95. The van der Waals surface area contributed by atoms with Crippen molar-refractivity contribution in [3.63, 3.8) is 0 Å². The van der Waals surface area contributed by atoms with Crippen LogP contribution in [0.4, 0.5) is 0 Å². The number of hydrogen-bond acceptors (Lipinski definition) is 13. The van der Waals surface area contributed by atoms with Gasteiger partial charge in [-0.25, -0.2) is 0 Å². The van der Waals surface area contributed by atoms with Crippen molar-refractivity contribution in [3.8, 4) is 0 Å². The number of amides is 12. The second-order valence-electron chi connectivity index (χ2n) is 25.8. The summed E-state index contributed by atoms with van der Waals surface area (Å²) in [6, 6.07) is -8.52. The molecule has 2 saturated heterocycles. The van der Waals surface area contributed by atoms with E-state index in [2.05, 4.69) is 47.9 Å². The lowest BCUT2D eigenvalue weighted by Crippen LogP contribution is -2.64. The van der Waals surface area contributed by atoms with Crippen molar-refractivity contribution in [1.82, 2.24) is 57.7 Å². The Kier molecular flexibility index (Phi) is 28.1. The number of aliphatic hydroxyl groups is 1. The fourth-order valence-corrected chi connectivity index (χ4v) is 10.3. The van der Waals surface area contributed by atoms with Crippen LogP contribution >= 0.6 is 0 Å². The minimum absolute atomic E-state index is 0.109. The largest absolute Gasteiger partial charge is 0.394 e. The maximum Gasteiger partial charge on any atom is 0.248 e. The molecule has 12 amide bonds. The SMILES string of the molecule is CC[C@@](C)(NC(C)=O)C(=O)N[C@@H](CCC(N)=O)C(=O)N[C@H](C(=O)N[C@H](C(=O)NC(C)(C)C(=O)N1CCC[C@H]1C(=O)N[C@@H](CC(C)C)C(=O)N[C@@H](CC(C)C)C(=O)NC(C)(C)C(=O)N1CCC[C@H]1C(=O)N[C@H](CO)CC(C)C)C(C)C)C(C)C. The molecule has 9 atom stereocenters. The van der Waals surface area contributed by atoms with Gasteiger partial charge in [-0.1, -0.05) is 76.2 Å². The molecule has 0 radical (unpaired) electrons. The zero-order chi connectivity index (χ0) is 63.6. The molecule has 472 valence electrons. The third-order valence-electron chi connectivity index (χ3n) is 15.0. The van der Waals surface area contributed by atoms with Crippen molar-refractivity contribution in [2.45, 2.75) is 247 Å². The summed E-state index contributed by atoms with van der Waals surface area (Å²) in [5, 5.41) is 34.4. The van der Waals surface area contributed by atoms with Crippen LogP contribution in [0.5, 0.6) is 0 Å². The van der Waals surface area contributed by atoms with Crippen LogP contribution in [0.25, 0.3) is 0 Å². The van der Waals surface area contributed by atoms with E-state index < -0.39 is 142 Å². The number of nitrogens with one attached hydrogen (secondary N) is 9. The average molecular weight is 1180 g/mol. The predicted octanol–water partition coefficient (Wildman–Crippen LogP) is 0.680. The van der Waals surface area contributed by atoms with Gasteiger partial charge in [0, 0.05) is 26.4 Å². The number of nitrogens with zero attached hydrogens (tertiary/aromatic N) is 2. The molecule has 2 aliphatic rings. The molecule has 2 rings (SSSR count). The molecule has 0 aromatic heterocycles. The number of carbonyl (C=O) groups is 12. The third kappa shape index (κ3) is 21.9. The molecule has 2 heterocycles. The van der Waals surface area contributed by atoms with Crippen molar-refractivity contribution in [3.05, 3.63) is 0 Å². The first kappa shape index (κ1) is 72.7. The molecule has 25 nitrogen and oxygen atoms in total. The van der Waals surface area contributed by atoms with Crippen LogP contribution in [0.3, 0.4) is 0 Å². The molecule has 0 aromatic rings. The van der Waals surface area contributed by atoms with Gasteiger partial charge >= 0.3 is 0 Å². The van der Waals surface area contributed by atoms with E-state index in [1.165, 1.54) is 51.3 Å².